The number of carbonyl (C=O) groups is 1. The molecule has 3 rings (SSSR count). The van der Waals surface area contributed by atoms with E-state index in [-0.39, 0.29) is 6.10 Å². The summed E-state index contributed by atoms with van der Waals surface area (Å²) < 4.78 is 7.13. The smallest absolute Gasteiger partial charge is 0.168 e. The highest BCUT2D eigenvalue weighted by molar-refractivity contribution is 5.73. The van der Waals surface area contributed by atoms with Crippen molar-refractivity contribution in [1.82, 2.24) is 14.6 Å². The highest BCUT2D eigenvalue weighted by Gasteiger charge is 2.18. The van der Waals surface area contributed by atoms with Crippen molar-refractivity contribution in [3.8, 4) is 0 Å². The summed E-state index contributed by atoms with van der Waals surface area (Å²) in [6.07, 6.45) is 3.91. The first-order chi connectivity index (χ1) is 8.36. The molecule has 1 fully saturated rings. The summed E-state index contributed by atoms with van der Waals surface area (Å²) >= 11 is 0. The van der Waals surface area contributed by atoms with Gasteiger partial charge in [-0.25, -0.2) is 9.50 Å². The molecule has 0 radical (unpaired) electrons. The number of hydrogen-bond acceptors (Lipinski definition) is 4. The molecule has 0 aliphatic carbocycles. The zero-order valence-corrected chi connectivity index (χ0v) is 9.37. The van der Waals surface area contributed by atoms with E-state index in [9.17, 15) is 4.79 Å². The van der Waals surface area contributed by atoms with Gasteiger partial charge in [-0.1, -0.05) is 6.07 Å². The van der Waals surface area contributed by atoms with Crippen molar-refractivity contribution < 1.29 is 9.53 Å². The molecule has 0 N–H and O–H groups in total. The van der Waals surface area contributed by atoms with Gasteiger partial charge in [0.15, 0.2) is 17.8 Å². The Morgan fingerprint density at radius 2 is 2.47 bits per heavy atom. The van der Waals surface area contributed by atoms with E-state index in [1.54, 1.807) is 10.6 Å². The molecule has 5 heteroatoms. The fourth-order valence-corrected chi connectivity index (χ4v) is 2.15. The Balaban J connectivity index is 1.92. The third-order valence-corrected chi connectivity index (χ3v) is 2.99. The van der Waals surface area contributed by atoms with Crippen LogP contribution in [0.25, 0.3) is 5.65 Å². The fourth-order valence-electron chi connectivity index (χ4n) is 2.15. The SMILES string of the molecule is O=Cc1cccc2nc(CC3CCCO3)nn12. The van der Waals surface area contributed by atoms with Crippen LogP contribution >= 0.6 is 0 Å². The van der Waals surface area contributed by atoms with E-state index in [1.807, 2.05) is 12.1 Å². The van der Waals surface area contributed by atoms with E-state index >= 15 is 0 Å². The molecule has 2 aromatic heterocycles. The predicted octanol–water partition coefficient (Wildman–Crippen LogP) is 1.26. The van der Waals surface area contributed by atoms with Crippen LogP contribution in [-0.2, 0) is 11.2 Å². The standard InChI is InChI=1S/C12H13N3O2/c16-8-9-3-1-5-12-13-11(14-15(9)12)7-10-4-2-6-17-10/h1,3,5,8,10H,2,4,6-7H2. The molecule has 17 heavy (non-hydrogen) atoms. The molecule has 0 spiro atoms. The van der Waals surface area contributed by atoms with Gasteiger partial charge in [0.05, 0.1) is 6.10 Å². The van der Waals surface area contributed by atoms with Gasteiger partial charge in [-0.05, 0) is 25.0 Å². The molecule has 5 nitrogen and oxygen atoms in total. The average molecular weight is 231 g/mol. The molecule has 1 unspecified atom stereocenters. The predicted molar refractivity (Wildman–Crippen MR) is 61.1 cm³/mol. The van der Waals surface area contributed by atoms with E-state index in [2.05, 4.69) is 10.1 Å². The maximum atomic E-state index is 10.9. The Morgan fingerprint density at radius 3 is 3.24 bits per heavy atom. The molecule has 3 heterocycles. The van der Waals surface area contributed by atoms with Crippen molar-refractivity contribution in [2.24, 2.45) is 0 Å². The van der Waals surface area contributed by atoms with Gasteiger partial charge in [0.2, 0.25) is 0 Å². The number of nitrogens with zero attached hydrogens (tertiary/aromatic N) is 3. The molecular formula is C12H13N3O2. The van der Waals surface area contributed by atoms with Gasteiger partial charge in [0, 0.05) is 13.0 Å². The van der Waals surface area contributed by atoms with Crippen LogP contribution in [0.5, 0.6) is 0 Å². The van der Waals surface area contributed by atoms with Crippen LogP contribution in [-0.4, -0.2) is 33.6 Å². The molecular weight excluding hydrogens is 218 g/mol. The minimum Gasteiger partial charge on any atom is -0.378 e. The van der Waals surface area contributed by atoms with Crippen LogP contribution in [0.4, 0.5) is 0 Å². The minimum absolute atomic E-state index is 0.229. The van der Waals surface area contributed by atoms with E-state index in [0.29, 0.717) is 11.3 Å². The van der Waals surface area contributed by atoms with Crippen LogP contribution in [0.1, 0.15) is 29.2 Å². The van der Waals surface area contributed by atoms with Crippen molar-refractivity contribution >= 4 is 11.9 Å². The molecule has 0 saturated carbocycles. The van der Waals surface area contributed by atoms with Gasteiger partial charge in [0.25, 0.3) is 0 Å². The van der Waals surface area contributed by atoms with E-state index < -0.39 is 0 Å². The first-order valence-electron chi connectivity index (χ1n) is 5.78. The van der Waals surface area contributed by atoms with E-state index in [1.165, 1.54) is 0 Å². The van der Waals surface area contributed by atoms with Gasteiger partial charge < -0.3 is 4.74 Å². The minimum atomic E-state index is 0.229. The monoisotopic (exact) mass is 231 g/mol. The lowest BCUT2D eigenvalue weighted by Gasteiger charge is -2.04. The molecule has 0 amide bonds. The van der Waals surface area contributed by atoms with Crippen LogP contribution < -0.4 is 0 Å². The molecule has 0 bridgehead atoms. The maximum Gasteiger partial charge on any atom is 0.168 e. The molecule has 1 atom stereocenters. The van der Waals surface area contributed by atoms with Crippen LogP contribution in [0.15, 0.2) is 18.2 Å². The fraction of sp³-hybridized carbons (Fsp3) is 0.417. The Bertz CT molecular complexity index is 544. The van der Waals surface area contributed by atoms with Crippen molar-refractivity contribution in [3.63, 3.8) is 0 Å². The van der Waals surface area contributed by atoms with Gasteiger partial charge in [-0.2, -0.15) is 5.10 Å². The number of hydrogen-bond donors (Lipinski definition) is 0. The average Bonchev–Trinajstić information content (AvgIpc) is 2.97. The van der Waals surface area contributed by atoms with Crippen LogP contribution in [0, 0.1) is 0 Å². The van der Waals surface area contributed by atoms with Gasteiger partial charge in [0.1, 0.15) is 5.69 Å². The first kappa shape index (κ1) is 10.4. The number of rotatable bonds is 3. The largest absolute Gasteiger partial charge is 0.378 e. The first-order valence-corrected chi connectivity index (χ1v) is 5.78. The molecule has 1 saturated heterocycles. The lowest BCUT2D eigenvalue weighted by molar-refractivity contribution is 0.110. The summed E-state index contributed by atoms with van der Waals surface area (Å²) in [5.74, 6) is 0.742. The molecule has 2 aromatic rings. The van der Waals surface area contributed by atoms with Gasteiger partial charge in [-0.3, -0.25) is 4.79 Å². The Labute approximate surface area is 98.4 Å². The highest BCUT2D eigenvalue weighted by atomic mass is 16.5. The number of ether oxygens (including phenoxy) is 1. The third kappa shape index (κ3) is 1.93. The quantitative estimate of drug-likeness (QED) is 0.746. The molecule has 88 valence electrons. The molecule has 1 aliphatic heterocycles. The van der Waals surface area contributed by atoms with Crippen molar-refractivity contribution in [1.29, 1.82) is 0 Å². The summed E-state index contributed by atoms with van der Waals surface area (Å²) in [6, 6.07) is 5.38. The number of fused-ring (bicyclic) bond motifs is 1. The van der Waals surface area contributed by atoms with Crippen LogP contribution in [0.2, 0.25) is 0 Å². The maximum absolute atomic E-state index is 10.9. The lowest BCUT2D eigenvalue weighted by atomic mass is 10.2. The summed E-state index contributed by atoms with van der Waals surface area (Å²) in [5.41, 5.74) is 1.23. The number of pyridine rings is 1. The van der Waals surface area contributed by atoms with Crippen molar-refractivity contribution in [2.75, 3.05) is 6.61 Å². The molecule has 0 aromatic carbocycles. The van der Waals surface area contributed by atoms with E-state index in [0.717, 1.165) is 38.0 Å². The summed E-state index contributed by atoms with van der Waals surface area (Å²) in [5, 5.41) is 4.34. The van der Waals surface area contributed by atoms with Gasteiger partial charge in [-0.15, -0.1) is 0 Å². The third-order valence-electron chi connectivity index (χ3n) is 2.99. The summed E-state index contributed by atoms with van der Waals surface area (Å²) in [4.78, 5) is 15.3. The Morgan fingerprint density at radius 1 is 1.53 bits per heavy atom. The summed E-state index contributed by atoms with van der Waals surface area (Å²) in [7, 11) is 0. The zero-order chi connectivity index (χ0) is 11.7. The van der Waals surface area contributed by atoms with E-state index in [4.69, 9.17) is 4.74 Å². The second-order valence-corrected chi connectivity index (χ2v) is 4.21. The molecule has 1 aliphatic rings. The number of aromatic nitrogens is 3. The Hall–Kier alpha value is -1.75. The second kappa shape index (κ2) is 4.25. The highest BCUT2D eigenvalue weighted by Crippen LogP contribution is 2.16. The van der Waals surface area contributed by atoms with Gasteiger partial charge >= 0.3 is 0 Å². The number of carbonyl (C=O) groups excluding carboxylic acids is 1. The van der Waals surface area contributed by atoms with Crippen molar-refractivity contribution in [2.45, 2.75) is 25.4 Å². The van der Waals surface area contributed by atoms with Crippen molar-refractivity contribution in [3.05, 3.63) is 29.7 Å². The topological polar surface area (TPSA) is 56.5 Å². The Kier molecular flexibility index (Phi) is 2.60. The zero-order valence-electron chi connectivity index (χ0n) is 9.37. The lowest BCUT2D eigenvalue weighted by Crippen LogP contribution is -2.10. The van der Waals surface area contributed by atoms with Crippen LogP contribution in [0.3, 0.4) is 0 Å². The second-order valence-electron chi connectivity index (χ2n) is 4.21. The summed E-state index contributed by atoms with van der Waals surface area (Å²) in [6.45, 7) is 0.831. The number of aldehydes is 1. The normalized spacial score (nSPS) is 19.9.